The number of para-hydroxylation sites is 1. The number of rotatable bonds is 4. The molecule has 0 aliphatic carbocycles. The van der Waals surface area contributed by atoms with Gasteiger partial charge >= 0.3 is 0 Å². The topological polar surface area (TPSA) is 55.2 Å². The van der Waals surface area contributed by atoms with Gasteiger partial charge in [-0.15, -0.1) is 0 Å². The first-order valence-corrected chi connectivity index (χ1v) is 7.04. The molecule has 0 spiro atoms. The Balaban J connectivity index is 2.28. The van der Waals surface area contributed by atoms with E-state index in [-0.39, 0.29) is 16.7 Å². The number of nitrogens with zero attached hydrogens (tertiary/aromatic N) is 1. The lowest BCUT2D eigenvalue weighted by molar-refractivity contribution is -0.384. The van der Waals surface area contributed by atoms with Crippen LogP contribution in [0.1, 0.15) is 24.1 Å². The molecule has 0 amide bonds. The van der Waals surface area contributed by atoms with E-state index in [0.717, 1.165) is 10.0 Å². The predicted molar refractivity (Wildman–Crippen MR) is 84.0 cm³/mol. The average molecular weight is 335 g/mol. The van der Waals surface area contributed by atoms with E-state index in [4.69, 9.17) is 0 Å². The van der Waals surface area contributed by atoms with Crippen LogP contribution in [-0.4, -0.2) is 4.92 Å². The largest absolute Gasteiger partial charge is 0.373 e. The van der Waals surface area contributed by atoms with E-state index in [9.17, 15) is 10.1 Å². The van der Waals surface area contributed by atoms with Crippen molar-refractivity contribution in [2.24, 2.45) is 0 Å². The zero-order valence-corrected chi connectivity index (χ0v) is 12.8. The molecule has 0 fully saturated rings. The van der Waals surface area contributed by atoms with Gasteiger partial charge in [0.15, 0.2) is 0 Å². The summed E-state index contributed by atoms with van der Waals surface area (Å²) in [5, 5.41) is 14.4. The quantitative estimate of drug-likeness (QED) is 0.642. The maximum Gasteiger partial charge on any atom is 0.295 e. The van der Waals surface area contributed by atoms with Gasteiger partial charge in [0, 0.05) is 16.1 Å². The summed E-state index contributed by atoms with van der Waals surface area (Å²) in [6.45, 7) is 3.73. The van der Waals surface area contributed by atoms with Crippen molar-refractivity contribution in [3.63, 3.8) is 0 Å². The molecule has 2 aromatic carbocycles. The standard InChI is InChI=1S/C15H15BrN2O2/c1-10-4-3-5-14(15(10)18(19)20)17-11(2)12-6-8-13(16)9-7-12/h3-9,11,17H,1-2H3. The summed E-state index contributed by atoms with van der Waals surface area (Å²) in [5.74, 6) is 0. The Hall–Kier alpha value is -1.88. The summed E-state index contributed by atoms with van der Waals surface area (Å²) in [5.41, 5.74) is 2.41. The zero-order chi connectivity index (χ0) is 14.7. The highest BCUT2D eigenvalue weighted by atomic mass is 79.9. The van der Waals surface area contributed by atoms with Crippen LogP contribution in [0.3, 0.4) is 0 Å². The van der Waals surface area contributed by atoms with Gasteiger partial charge in [0.05, 0.1) is 4.92 Å². The van der Waals surface area contributed by atoms with Gasteiger partial charge < -0.3 is 5.32 Å². The molecule has 0 bridgehead atoms. The summed E-state index contributed by atoms with van der Waals surface area (Å²) >= 11 is 3.39. The van der Waals surface area contributed by atoms with E-state index in [1.807, 2.05) is 37.3 Å². The number of aryl methyl sites for hydroxylation is 1. The number of nitrogens with one attached hydrogen (secondary N) is 1. The fraction of sp³-hybridized carbons (Fsp3) is 0.200. The monoisotopic (exact) mass is 334 g/mol. The summed E-state index contributed by atoms with van der Waals surface area (Å²) in [6.07, 6.45) is 0. The second kappa shape index (κ2) is 6.05. The van der Waals surface area contributed by atoms with Gasteiger partial charge in [0.25, 0.3) is 5.69 Å². The second-order valence-electron chi connectivity index (χ2n) is 4.65. The first-order chi connectivity index (χ1) is 9.49. The van der Waals surface area contributed by atoms with Gasteiger partial charge in [-0.25, -0.2) is 0 Å². The van der Waals surface area contributed by atoms with E-state index < -0.39 is 0 Å². The van der Waals surface area contributed by atoms with Crippen LogP contribution in [0.15, 0.2) is 46.9 Å². The van der Waals surface area contributed by atoms with Crippen LogP contribution >= 0.6 is 15.9 Å². The van der Waals surface area contributed by atoms with Crippen molar-refractivity contribution in [3.05, 3.63) is 68.2 Å². The maximum atomic E-state index is 11.2. The van der Waals surface area contributed by atoms with Crippen molar-refractivity contribution in [1.29, 1.82) is 0 Å². The summed E-state index contributed by atoms with van der Waals surface area (Å²) in [4.78, 5) is 10.8. The van der Waals surface area contributed by atoms with Crippen molar-refractivity contribution in [1.82, 2.24) is 0 Å². The molecule has 4 nitrogen and oxygen atoms in total. The molecule has 2 rings (SSSR count). The van der Waals surface area contributed by atoms with Crippen LogP contribution in [0.2, 0.25) is 0 Å². The van der Waals surface area contributed by atoms with Crippen molar-refractivity contribution >= 4 is 27.3 Å². The predicted octanol–water partition coefficient (Wildman–Crippen LogP) is 4.84. The zero-order valence-electron chi connectivity index (χ0n) is 11.3. The summed E-state index contributed by atoms with van der Waals surface area (Å²) in [7, 11) is 0. The third-order valence-corrected chi connectivity index (χ3v) is 3.69. The van der Waals surface area contributed by atoms with Gasteiger partial charge in [-0.3, -0.25) is 10.1 Å². The number of nitro benzene ring substituents is 1. The van der Waals surface area contributed by atoms with E-state index in [2.05, 4.69) is 21.2 Å². The number of anilines is 1. The van der Waals surface area contributed by atoms with Crippen LogP contribution in [0.4, 0.5) is 11.4 Å². The molecule has 0 saturated carbocycles. The highest BCUT2D eigenvalue weighted by Gasteiger charge is 2.18. The molecule has 1 N–H and O–H groups in total. The van der Waals surface area contributed by atoms with E-state index >= 15 is 0 Å². The molecule has 1 unspecified atom stereocenters. The van der Waals surface area contributed by atoms with Crippen molar-refractivity contribution in [2.45, 2.75) is 19.9 Å². The lowest BCUT2D eigenvalue weighted by atomic mass is 10.1. The number of nitro groups is 1. The Bertz CT molecular complexity index is 626. The molecule has 0 aromatic heterocycles. The van der Waals surface area contributed by atoms with Crippen molar-refractivity contribution < 1.29 is 4.92 Å². The minimum atomic E-state index is -0.341. The molecule has 0 saturated heterocycles. The SMILES string of the molecule is Cc1cccc(NC(C)c2ccc(Br)cc2)c1[N+](=O)[O-]. The maximum absolute atomic E-state index is 11.2. The van der Waals surface area contributed by atoms with Crippen LogP contribution in [-0.2, 0) is 0 Å². The normalized spacial score (nSPS) is 11.9. The number of hydrogen-bond donors (Lipinski definition) is 1. The minimum absolute atomic E-state index is 0.0106. The van der Waals surface area contributed by atoms with E-state index in [1.165, 1.54) is 0 Å². The molecule has 104 valence electrons. The summed E-state index contributed by atoms with van der Waals surface area (Å²) in [6, 6.07) is 13.2. The summed E-state index contributed by atoms with van der Waals surface area (Å²) < 4.78 is 1.01. The number of benzene rings is 2. The third kappa shape index (κ3) is 3.17. The van der Waals surface area contributed by atoms with Gasteiger partial charge in [0.2, 0.25) is 0 Å². The minimum Gasteiger partial charge on any atom is -0.373 e. The molecule has 20 heavy (non-hydrogen) atoms. The molecule has 0 aliphatic heterocycles. The fourth-order valence-electron chi connectivity index (χ4n) is 2.09. The van der Waals surface area contributed by atoms with E-state index in [1.54, 1.807) is 19.1 Å². The van der Waals surface area contributed by atoms with Crippen LogP contribution in [0.5, 0.6) is 0 Å². The Morgan fingerprint density at radius 3 is 2.45 bits per heavy atom. The van der Waals surface area contributed by atoms with Crippen LogP contribution < -0.4 is 5.32 Å². The molecule has 0 radical (unpaired) electrons. The molecule has 0 aliphatic rings. The lowest BCUT2D eigenvalue weighted by Gasteiger charge is -2.16. The second-order valence-corrected chi connectivity index (χ2v) is 5.56. The van der Waals surface area contributed by atoms with Crippen LogP contribution in [0, 0.1) is 17.0 Å². The Morgan fingerprint density at radius 1 is 1.20 bits per heavy atom. The average Bonchev–Trinajstić information content (AvgIpc) is 2.39. The molecule has 2 aromatic rings. The van der Waals surface area contributed by atoms with Gasteiger partial charge in [0.1, 0.15) is 5.69 Å². The smallest absolute Gasteiger partial charge is 0.295 e. The fourth-order valence-corrected chi connectivity index (χ4v) is 2.35. The first kappa shape index (κ1) is 14.5. The Kier molecular flexibility index (Phi) is 4.39. The molecule has 5 heteroatoms. The first-order valence-electron chi connectivity index (χ1n) is 6.25. The highest BCUT2D eigenvalue weighted by Crippen LogP contribution is 2.31. The third-order valence-electron chi connectivity index (χ3n) is 3.16. The van der Waals surface area contributed by atoms with E-state index in [0.29, 0.717) is 11.3 Å². The van der Waals surface area contributed by atoms with Crippen molar-refractivity contribution in [3.8, 4) is 0 Å². The van der Waals surface area contributed by atoms with Gasteiger partial charge in [-0.2, -0.15) is 0 Å². The molecule has 0 heterocycles. The van der Waals surface area contributed by atoms with Gasteiger partial charge in [-0.1, -0.05) is 40.2 Å². The highest BCUT2D eigenvalue weighted by molar-refractivity contribution is 9.10. The molecular weight excluding hydrogens is 320 g/mol. The molecule has 1 atom stereocenters. The van der Waals surface area contributed by atoms with Gasteiger partial charge in [-0.05, 0) is 37.6 Å². The Labute approximate surface area is 126 Å². The van der Waals surface area contributed by atoms with Crippen molar-refractivity contribution in [2.75, 3.05) is 5.32 Å². The Morgan fingerprint density at radius 2 is 1.85 bits per heavy atom. The molecular formula is C15H15BrN2O2. The number of halogens is 1. The van der Waals surface area contributed by atoms with Crippen LogP contribution in [0.25, 0.3) is 0 Å². The lowest BCUT2D eigenvalue weighted by Crippen LogP contribution is -2.08. The number of hydrogen-bond acceptors (Lipinski definition) is 3.